The molecular weight excluding hydrogens is 376 g/mol. The van der Waals surface area contributed by atoms with E-state index < -0.39 is 6.17 Å². The van der Waals surface area contributed by atoms with E-state index in [0.29, 0.717) is 18.7 Å². The predicted octanol–water partition coefficient (Wildman–Crippen LogP) is 5.60. The first kappa shape index (κ1) is 18.3. The van der Waals surface area contributed by atoms with Crippen LogP contribution in [0.1, 0.15) is 34.8 Å². The first-order valence-electron chi connectivity index (χ1n) is 10.1. The molecule has 1 aliphatic heterocycles. The zero-order chi connectivity index (χ0) is 20.5. The fraction of sp³-hybridized carbons (Fsp3) is 0.160. The molecule has 1 unspecified atom stereocenters. The largest absolute Gasteiger partial charge is 0.493 e. The van der Waals surface area contributed by atoms with Crippen LogP contribution >= 0.6 is 0 Å². The summed E-state index contributed by atoms with van der Waals surface area (Å²) < 4.78 is 11.6. The van der Waals surface area contributed by atoms with E-state index in [2.05, 4.69) is 23.5 Å². The van der Waals surface area contributed by atoms with Crippen LogP contribution in [0.25, 0.3) is 10.8 Å². The zero-order valence-corrected chi connectivity index (χ0v) is 16.7. The van der Waals surface area contributed by atoms with E-state index in [0.717, 1.165) is 33.5 Å². The van der Waals surface area contributed by atoms with Crippen LogP contribution in [-0.2, 0) is 6.54 Å². The molecule has 3 aromatic carbocycles. The lowest BCUT2D eigenvalue weighted by molar-refractivity contribution is 0.0650. The van der Waals surface area contributed by atoms with Crippen molar-refractivity contribution in [2.45, 2.75) is 19.6 Å². The van der Waals surface area contributed by atoms with Gasteiger partial charge in [-0.15, -0.1) is 0 Å². The van der Waals surface area contributed by atoms with Crippen LogP contribution in [0.15, 0.2) is 83.5 Å². The number of nitrogens with zero attached hydrogens (tertiary/aromatic N) is 1. The van der Waals surface area contributed by atoms with Gasteiger partial charge >= 0.3 is 0 Å². The summed E-state index contributed by atoms with van der Waals surface area (Å²) in [7, 11) is 0. The molecular formula is C25H22N2O3. The maximum atomic E-state index is 13.5. The number of fused-ring (bicyclic) bond motifs is 2. The molecule has 0 fully saturated rings. The molecule has 0 saturated carbocycles. The van der Waals surface area contributed by atoms with Gasteiger partial charge in [0, 0.05) is 11.3 Å². The highest BCUT2D eigenvalue weighted by Gasteiger charge is 2.35. The molecule has 1 atom stereocenters. The van der Waals surface area contributed by atoms with Crippen LogP contribution in [0.5, 0.6) is 5.75 Å². The molecule has 5 rings (SSSR count). The van der Waals surface area contributed by atoms with Crippen molar-refractivity contribution in [3.05, 3.63) is 95.9 Å². The standard InChI is InChI=1S/C25H22N2O3/c1-2-29-22-14-13-17-8-3-4-10-19(17)23(22)24-26-21-12-6-5-11-20(21)25(28)27(24)16-18-9-7-15-30-18/h3-15,24,26H,2,16H2,1H3. The van der Waals surface area contributed by atoms with E-state index in [4.69, 9.17) is 9.15 Å². The lowest BCUT2D eigenvalue weighted by Gasteiger charge is -2.38. The van der Waals surface area contributed by atoms with Gasteiger partial charge in [0.2, 0.25) is 0 Å². The molecule has 5 heteroatoms. The minimum Gasteiger partial charge on any atom is -0.493 e. The molecule has 1 aromatic heterocycles. The van der Waals surface area contributed by atoms with Gasteiger partial charge in [0.25, 0.3) is 5.91 Å². The summed E-state index contributed by atoms with van der Waals surface area (Å²) in [5, 5.41) is 5.73. The van der Waals surface area contributed by atoms with E-state index in [9.17, 15) is 4.79 Å². The Balaban J connectivity index is 1.71. The maximum Gasteiger partial charge on any atom is 0.258 e. The molecule has 2 heterocycles. The van der Waals surface area contributed by atoms with Gasteiger partial charge < -0.3 is 19.4 Å². The van der Waals surface area contributed by atoms with E-state index >= 15 is 0 Å². The molecule has 0 bridgehead atoms. The number of nitrogens with one attached hydrogen (secondary N) is 1. The van der Waals surface area contributed by atoms with Crippen LogP contribution in [0, 0.1) is 0 Å². The van der Waals surface area contributed by atoms with Crippen molar-refractivity contribution in [3.8, 4) is 5.75 Å². The average Bonchev–Trinajstić information content (AvgIpc) is 3.29. The van der Waals surface area contributed by atoms with Crippen LogP contribution in [-0.4, -0.2) is 17.4 Å². The molecule has 0 spiro atoms. The van der Waals surface area contributed by atoms with Crippen LogP contribution < -0.4 is 10.1 Å². The second kappa shape index (κ2) is 7.59. The van der Waals surface area contributed by atoms with E-state index in [1.807, 2.05) is 66.4 Å². The Hall–Kier alpha value is -3.73. The van der Waals surface area contributed by atoms with Crippen LogP contribution in [0.4, 0.5) is 5.69 Å². The summed E-state index contributed by atoms with van der Waals surface area (Å²) in [5.41, 5.74) is 2.42. The maximum absolute atomic E-state index is 13.5. The highest BCUT2D eigenvalue weighted by Crippen LogP contribution is 2.41. The molecule has 0 radical (unpaired) electrons. The zero-order valence-electron chi connectivity index (χ0n) is 16.7. The van der Waals surface area contributed by atoms with E-state index in [1.54, 1.807) is 6.26 Å². The van der Waals surface area contributed by atoms with Gasteiger partial charge in [-0.25, -0.2) is 0 Å². The Morgan fingerprint density at radius 1 is 1.00 bits per heavy atom. The summed E-state index contributed by atoms with van der Waals surface area (Å²) in [4.78, 5) is 15.3. The SMILES string of the molecule is CCOc1ccc2ccccc2c1C1Nc2ccccc2C(=O)N1Cc1ccco1. The molecule has 0 aliphatic carbocycles. The van der Waals surface area contributed by atoms with Crippen molar-refractivity contribution in [3.63, 3.8) is 0 Å². The first-order chi connectivity index (χ1) is 14.8. The molecule has 5 nitrogen and oxygen atoms in total. The Bertz CT molecular complexity index is 1200. The van der Waals surface area contributed by atoms with E-state index in [-0.39, 0.29) is 5.91 Å². The lowest BCUT2D eigenvalue weighted by Crippen LogP contribution is -2.42. The van der Waals surface area contributed by atoms with Crippen LogP contribution in [0.3, 0.4) is 0 Å². The number of anilines is 1. The third-order valence-corrected chi connectivity index (χ3v) is 5.43. The number of benzene rings is 3. The quantitative estimate of drug-likeness (QED) is 0.476. The minimum absolute atomic E-state index is 0.0406. The number of hydrogen-bond donors (Lipinski definition) is 1. The van der Waals surface area contributed by atoms with Gasteiger partial charge in [-0.3, -0.25) is 4.79 Å². The first-order valence-corrected chi connectivity index (χ1v) is 10.1. The normalized spacial score (nSPS) is 15.7. The molecule has 0 saturated heterocycles. The fourth-order valence-corrected chi connectivity index (χ4v) is 4.09. The predicted molar refractivity (Wildman–Crippen MR) is 117 cm³/mol. The monoisotopic (exact) mass is 398 g/mol. The summed E-state index contributed by atoms with van der Waals surface area (Å²) in [6.45, 7) is 2.86. The van der Waals surface area contributed by atoms with Gasteiger partial charge in [0.15, 0.2) is 0 Å². The number of furan rings is 1. The molecule has 1 amide bonds. The number of hydrogen-bond acceptors (Lipinski definition) is 4. The van der Waals surface area contributed by atoms with Gasteiger partial charge in [-0.2, -0.15) is 0 Å². The van der Waals surface area contributed by atoms with Gasteiger partial charge in [-0.05, 0) is 48.0 Å². The highest BCUT2D eigenvalue weighted by molar-refractivity contribution is 6.02. The molecule has 150 valence electrons. The number of amides is 1. The van der Waals surface area contributed by atoms with Crippen LogP contribution in [0.2, 0.25) is 0 Å². The van der Waals surface area contributed by atoms with Crippen molar-refractivity contribution in [1.82, 2.24) is 4.90 Å². The fourth-order valence-electron chi connectivity index (χ4n) is 4.09. The summed E-state index contributed by atoms with van der Waals surface area (Å²) in [5.74, 6) is 1.46. The molecule has 1 aliphatic rings. The van der Waals surface area contributed by atoms with Gasteiger partial charge in [0.05, 0.1) is 25.0 Å². The Kier molecular flexibility index (Phi) is 4.64. The third kappa shape index (κ3) is 3.08. The minimum atomic E-state index is -0.398. The lowest BCUT2D eigenvalue weighted by atomic mass is 9.97. The van der Waals surface area contributed by atoms with Gasteiger partial charge in [0.1, 0.15) is 17.7 Å². The number of para-hydroxylation sites is 1. The topological polar surface area (TPSA) is 54.7 Å². The second-order valence-electron chi connectivity index (χ2n) is 7.24. The summed E-state index contributed by atoms with van der Waals surface area (Å²) in [6.07, 6.45) is 1.23. The van der Waals surface area contributed by atoms with Crippen molar-refractivity contribution >= 4 is 22.4 Å². The van der Waals surface area contributed by atoms with Crippen molar-refractivity contribution in [1.29, 1.82) is 0 Å². The molecule has 30 heavy (non-hydrogen) atoms. The molecule has 1 N–H and O–H groups in total. The van der Waals surface area contributed by atoms with Crippen molar-refractivity contribution in [2.24, 2.45) is 0 Å². The Morgan fingerprint density at radius 3 is 2.67 bits per heavy atom. The molecule has 4 aromatic rings. The van der Waals surface area contributed by atoms with Crippen molar-refractivity contribution in [2.75, 3.05) is 11.9 Å². The number of carbonyl (C=O) groups is 1. The second-order valence-corrected chi connectivity index (χ2v) is 7.24. The number of carbonyl (C=O) groups excluding carboxylic acids is 1. The Morgan fingerprint density at radius 2 is 1.83 bits per heavy atom. The third-order valence-electron chi connectivity index (χ3n) is 5.43. The Labute approximate surface area is 174 Å². The summed E-state index contributed by atoms with van der Waals surface area (Å²) >= 11 is 0. The highest BCUT2D eigenvalue weighted by atomic mass is 16.5. The van der Waals surface area contributed by atoms with E-state index in [1.165, 1.54) is 0 Å². The van der Waals surface area contributed by atoms with Gasteiger partial charge in [-0.1, -0.05) is 42.5 Å². The summed E-state index contributed by atoms with van der Waals surface area (Å²) in [6, 6.07) is 23.5. The number of rotatable bonds is 5. The average molecular weight is 398 g/mol. The number of ether oxygens (including phenoxy) is 1. The smallest absolute Gasteiger partial charge is 0.258 e. The van der Waals surface area contributed by atoms with Crippen molar-refractivity contribution < 1.29 is 13.9 Å².